The summed E-state index contributed by atoms with van der Waals surface area (Å²) in [6.45, 7) is 4.04. The summed E-state index contributed by atoms with van der Waals surface area (Å²) >= 11 is 5.86. The number of fused-ring (bicyclic) bond motifs is 1. The van der Waals surface area contributed by atoms with Crippen LogP contribution in [0.5, 0.6) is 0 Å². The number of hydrogen-bond donors (Lipinski definition) is 0. The zero-order valence-corrected chi connectivity index (χ0v) is 11.3. The van der Waals surface area contributed by atoms with E-state index in [-0.39, 0.29) is 5.56 Å². The van der Waals surface area contributed by atoms with Crippen LogP contribution in [0.3, 0.4) is 0 Å². The van der Waals surface area contributed by atoms with Crippen molar-refractivity contribution in [2.24, 2.45) is 0 Å². The molecule has 0 atom stereocenters. The minimum atomic E-state index is -0.130. The second-order valence-corrected chi connectivity index (χ2v) is 4.70. The summed E-state index contributed by atoms with van der Waals surface area (Å²) in [5, 5.41) is 5.35. The first-order chi connectivity index (χ1) is 9.70. The van der Waals surface area contributed by atoms with Gasteiger partial charge in [0.25, 0.3) is 5.56 Å². The van der Waals surface area contributed by atoms with Gasteiger partial charge in [-0.15, -0.1) is 6.58 Å². The fourth-order valence-electron chi connectivity index (χ4n) is 1.99. The monoisotopic (exact) mass is 286 g/mol. The molecular formula is C14H11ClN4O. The number of allylic oxidation sites excluding steroid dienone is 1. The largest absolute Gasteiger partial charge is 0.295 e. The van der Waals surface area contributed by atoms with E-state index in [2.05, 4.69) is 16.7 Å². The van der Waals surface area contributed by atoms with E-state index in [0.29, 0.717) is 22.6 Å². The summed E-state index contributed by atoms with van der Waals surface area (Å²) in [6, 6.07) is 7.18. The highest BCUT2D eigenvalue weighted by Crippen LogP contribution is 2.16. The third kappa shape index (κ3) is 2.02. The molecule has 2 heterocycles. The van der Waals surface area contributed by atoms with Crippen molar-refractivity contribution < 1.29 is 0 Å². The maximum absolute atomic E-state index is 12.2. The Bertz CT molecular complexity index is 832. The Balaban J connectivity index is 2.19. The molecule has 0 bridgehead atoms. The molecule has 0 N–H and O–H groups in total. The van der Waals surface area contributed by atoms with Crippen LogP contribution >= 0.6 is 11.6 Å². The zero-order chi connectivity index (χ0) is 14.1. The molecule has 1 aromatic carbocycles. The molecule has 0 aliphatic heterocycles. The van der Waals surface area contributed by atoms with Crippen LogP contribution in [-0.2, 0) is 6.54 Å². The van der Waals surface area contributed by atoms with Gasteiger partial charge in [-0.25, -0.2) is 9.67 Å². The number of benzene rings is 1. The molecule has 5 nitrogen and oxygen atoms in total. The molecule has 0 amide bonds. The highest BCUT2D eigenvalue weighted by atomic mass is 35.5. The van der Waals surface area contributed by atoms with E-state index >= 15 is 0 Å². The van der Waals surface area contributed by atoms with Crippen LogP contribution in [0.25, 0.3) is 16.7 Å². The molecule has 0 radical (unpaired) electrons. The first kappa shape index (κ1) is 12.6. The van der Waals surface area contributed by atoms with E-state index in [4.69, 9.17) is 11.6 Å². The van der Waals surface area contributed by atoms with E-state index < -0.39 is 0 Å². The summed E-state index contributed by atoms with van der Waals surface area (Å²) in [4.78, 5) is 16.5. The lowest BCUT2D eigenvalue weighted by molar-refractivity contribution is 0.764. The minimum absolute atomic E-state index is 0.130. The van der Waals surface area contributed by atoms with Crippen LogP contribution < -0.4 is 5.56 Å². The Morgan fingerprint density at radius 2 is 2.05 bits per heavy atom. The summed E-state index contributed by atoms with van der Waals surface area (Å²) in [6.07, 6.45) is 4.68. The third-order valence-electron chi connectivity index (χ3n) is 2.95. The first-order valence-corrected chi connectivity index (χ1v) is 6.38. The summed E-state index contributed by atoms with van der Waals surface area (Å²) < 4.78 is 3.11. The van der Waals surface area contributed by atoms with Gasteiger partial charge in [-0.2, -0.15) is 5.10 Å². The normalized spacial score (nSPS) is 10.8. The van der Waals surface area contributed by atoms with Crippen molar-refractivity contribution in [3.05, 3.63) is 64.8 Å². The Hall–Kier alpha value is -2.40. The summed E-state index contributed by atoms with van der Waals surface area (Å²) in [5.74, 6) is 0. The van der Waals surface area contributed by atoms with Crippen molar-refractivity contribution in [1.82, 2.24) is 19.3 Å². The number of aromatic nitrogens is 4. The summed E-state index contributed by atoms with van der Waals surface area (Å²) in [5.41, 5.74) is 1.20. The van der Waals surface area contributed by atoms with Crippen molar-refractivity contribution in [3.8, 4) is 5.69 Å². The number of halogens is 1. The quantitative estimate of drug-likeness (QED) is 0.695. The van der Waals surface area contributed by atoms with E-state index in [1.165, 1.54) is 17.1 Å². The van der Waals surface area contributed by atoms with Crippen LogP contribution in [0.2, 0.25) is 5.02 Å². The maximum Gasteiger partial charge on any atom is 0.264 e. The van der Waals surface area contributed by atoms with Crippen LogP contribution in [0, 0.1) is 0 Å². The fourth-order valence-corrected chi connectivity index (χ4v) is 2.11. The average molecular weight is 287 g/mol. The maximum atomic E-state index is 12.2. The van der Waals surface area contributed by atoms with Gasteiger partial charge in [0.05, 0.1) is 11.9 Å². The van der Waals surface area contributed by atoms with E-state index in [1.54, 1.807) is 22.9 Å². The molecule has 0 spiro atoms. The first-order valence-electron chi connectivity index (χ1n) is 6.00. The smallest absolute Gasteiger partial charge is 0.264 e. The lowest BCUT2D eigenvalue weighted by Gasteiger charge is -2.04. The Morgan fingerprint density at radius 3 is 2.75 bits per heavy atom. The Morgan fingerprint density at radius 1 is 1.30 bits per heavy atom. The van der Waals surface area contributed by atoms with Crippen LogP contribution in [0.15, 0.2) is 54.2 Å². The number of rotatable bonds is 3. The predicted octanol–water partition coefficient (Wildman–Crippen LogP) is 2.42. The molecule has 0 unspecified atom stereocenters. The topological polar surface area (TPSA) is 52.7 Å². The highest BCUT2D eigenvalue weighted by molar-refractivity contribution is 6.30. The number of nitrogens with zero attached hydrogens (tertiary/aromatic N) is 4. The predicted molar refractivity (Wildman–Crippen MR) is 78.3 cm³/mol. The molecule has 3 rings (SSSR count). The standard InChI is InChI=1S/C14H11ClN4O/c1-2-7-18-9-16-13-12(14(18)20)8-17-19(13)11-5-3-10(15)4-6-11/h2-6,8-9H,1,7H2. The molecular weight excluding hydrogens is 276 g/mol. The van der Waals surface area contributed by atoms with E-state index in [0.717, 1.165) is 5.69 Å². The van der Waals surface area contributed by atoms with Crippen LogP contribution in [0.4, 0.5) is 0 Å². The van der Waals surface area contributed by atoms with Gasteiger partial charge in [0.1, 0.15) is 11.7 Å². The number of hydrogen-bond acceptors (Lipinski definition) is 3. The SMILES string of the molecule is C=CCn1cnc2c(cnn2-c2ccc(Cl)cc2)c1=O. The fraction of sp³-hybridized carbons (Fsp3) is 0.0714. The van der Waals surface area contributed by atoms with Crippen molar-refractivity contribution in [1.29, 1.82) is 0 Å². The molecule has 3 aromatic rings. The lowest BCUT2D eigenvalue weighted by Crippen LogP contribution is -2.19. The van der Waals surface area contributed by atoms with Gasteiger partial charge < -0.3 is 0 Å². The molecule has 100 valence electrons. The molecule has 0 saturated carbocycles. The highest BCUT2D eigenvalue weighted by Gasteiger charge is 2.10. The van der Waals surface area contributed by atoms with Crippen molar-refractivity contribution in [3.63, 3.8) is 0 Å². The molecule has 0 fully saturated rings. The van der Waals surface area contributed by atoms with Gasteiger partial charge in [0.15, 0.2) is 5.65 Å². The van der Waals surface area contributed by atoms with Gasteiger partial charge in [0, 0.05) is 11.6 Å². The van der Waals surface area contributed by atoms with Crippen LogP contribution in [-0.4, -0.2) is 19.3 Å². The van der Waals surface area contributed by atoms with Gasteiger partial charge in [-0.05, 0) is 24.3 Å². The second kappa shape index (κ2) is 4.94. The summed E-state index contributed by atoms with van der Waals surface area (Å²) in [7, 11) is 0. The zero-order valence-electron chi connectivity index (χ0n) is 10.5. The molecule has 6 heteroatoms. The van der Waals surface area contributed by atoms with Crippen molar-refractivity contribution in [2.45, 2.75) is 6.54 Å². The van der Waals surface area contributed by atoms with Gasteiger partial charge in [-0.1, -0.05) is 17.7 Å². The molecule has 2 aromatic heterocycles. The average Bonchev–Trinajstić information content (AvgIpc) is 2.88. The molecule has 0 saturated heterocycles. The van der Waals surface area contributed by atoms with Crippen molar-refractivity contribution >= 4 is 22.6 Å². The Kier molecular flexibility index (Phi) is 3.12. The van der Waals surface area contributed by atoms with Crippen LogP contribution in [0.1, 0.15) is 0 Å². The van der Waals surface area contributed by atoms with E-state index in [1.807, 2.05) is 12.1 Å². The molecule has 0 aliphatic rings. The Labute approximate surface area is 119 Å². The second-order valence-electron chi connectivity index (χ2n) is 4.26. The van der Waals surface area contributed by atoms with Gasteiger partial charge >= 0.3 is 0 Å². The van der Waals surface area contributed by atoms with E-state index in [9.17, 15) is 4.79 Å². The lowest BCUT2D eigenvalue weighted by atomic mass is 10.3. The van der Waals surface area contributed by atoms with Gasteiger partial charge in [0.2, 0.25) is 0 Å². The third-order valence-corrected chi connectivity index (χ3v) is 3.20. The molecule has 0 aliphatic carbocycles. The minimum Gasteiger partial charge on any atom is -0.295 e. The van der Waals surface area contributed by atoms with Crippen molar-refractivity contribution in [2.75, 3.05) is 0 Å². The molecule has 20 heavy (non-hydrogen) atoms. The van der Waals surface area contributed by atoms with Gasteiger partial charge in [-0.3, -0.25) is 9.36 Å².